The molecule has 1 saturated carbocycles. The Labute approximate surface area is 211 Å². The minimum atomic E-state index is -1.70. The fourth-order valence-corrected chi connectivity index (χ4v) is 4.69. The second kappa shape index (κ2) is 11.0. The molecule has 37 heavy (non-hydrogen) atoms. The van der Waals surface area contributed by atoms with Gasteiger partial charge in [-0.1, -0.05) is 18.7 Å². The van der Waals surface area contributed by atoms with E-state index in [1.165, 1.54) is 24.3 Å². The molecule has 6 N–H and O–H groups in total. The number of aliphatic carboxylic acids is 1. The van der Waals surface area contributed by atoms with Gasteiger partial charge in [0, 0.05) is 12.0 Å². The monoisotopic (exact) mass is 520 g/mol. The van der Waals surface area contributed by atoms with Crippen LogP contribution in [0, 0.1) is 11.8 Å². The lowest BCUT2D eigenvalue weighted by molar-refractivity contribution is -0.339. The van der Waals surface area contributed by atoms with Crippen molar-refractivity contribution in [2.24, 2.45) is 11.8 Å². The number of ether oxygens (including phenoxy) is 4. The molecule has 12 nitrogen and oxygen atoms in total. The number of carbonyl (C=O) groups is 2. The van der Waals surface area contributed by atoms with E-state index in [0.29, 0.717) is 11.1 Å². The van der Waals surface area contributed by atoms with Crippen LogP contribution < -0.4 is 0 Å². The van der Waals surface area contributed by atoms with Gasteiger partial charge in [-0.05, 0) is 35.8 Å². The Morgan fingerprint density at radius 1 is 1.08 bits per heavy atom. The predicted octanol–water partition coefficient (Wildman–Crippen LogP) is -0.349. The molecule has 3 aliphatic rings. The van der Waals surface area contributed by atoms with Gasteiger partial charge in [-0.15, -0.1) is 0 Å². The number of hydrogen-bond acceptors (Lipinski definition) is 11. The smallest absolute Gasteiger partial charge is 0.334 e. The van der Waals surface area contributed by atoms with E-state index in [-0.39, 0.29) is 17.7 Å². The maximum Gasteiger partial charge on any atom is 0.334 e. The van der Waals surface area contributed by atoms with Crippen LogP contribution >= 0.6 is 0 Å². The Bertz CT molecular complexity index is 1080. The van der Waals surface area contributed by atoms with E-state index < -0.39 is 73.5 Å². The largest absolute Gasteiger partial charge is 0.508 e. The van der Waals surface area contributed by atoms with Gasteiger partial charge in [-0.3, -0.25) is 0 Å². The van der Waals surface area contributed by atoms with Crippen LogP contribution in [0.25, 0.3) is 6.08 Å². The van der Waals surface area contributed by atoms with Crippen LogP contribution in [0.5, 0.6) is 5.75 Å². The van der Waals surface area contributed by atoms with Crippen LogP contribution in [-0.4, -0.2) is 92.3 Å². The summed E-state index contributed by atoms with van der Waals surface area (Å²) < 4.78 is 22.1. The van der Waals surface area contributed by atoms with E-state index in [9.17, 15) is 40.2 Å². The zero-order valence-corrected chi connectivity index (χ0v) is 19.5. The molecule has 2 aliphatic heterocycles. The van der Waals surface area contributed by atoms with E-state index >= 15 is 0 Å². The third-order valence-corrected chi connectivity index (χ3v) is 6.69. The fourth-order valence-electron chi connectivity index (χ4n) is 4.69. The topological polar surface area (TPSA) is 192 Å². The van der Waals surface area contributed by atoms with Crippen LogP contribution in [0.15, 0.2) is 54.3 Å². The van der Waals surface area contributed by atoms with Crippen LogP contribution in [0.1, 0.15) is 12.0 Å². The number of aromatic hydroxyl groups is 1. The number of aliphatic hydroxyl groups is 4. The third-order valence-electron chi connectivity index (χ3n) is 6.69. The van der Waals surface area contributed by atoms with Gasteiger partial charge in [0.1, 0.15) is 36.3 Å². The summed E-state index contributed by atoms with van der Waals surface area (Å²) in [6.45, 7) is 3.31. The molecule has 200 valence electrons. The molecule has 4 rings (SSSR count). The molecule has 0 radical (unpaired) electrons. The van der Waals surface area contributed by atoms with Gasteiger partial charge in [0.2, 0.25) is 6.29 Å². The first-order valence-corrected chi connectivity index (χ1v) is 11.5. The van der Waals surface area contributed by atoms with Crippen LogP contribution in [-0.2, 0) is 28.5 Å². The van der Waals surface area contributed by atoms with Crippen molar-refractivity contribution in [3.8, 4) is 5.75 Å². The van der Waals surface area contributed by atoms with Crippen molar-refractivity contribution in [2.75, 3.05) is 6.61 Å². The summed E-state index contributed by atoms with van der Waals surface area (Å²) in [5.74, 6) is -3.40. The van der Waals surface area contributed by atoms with E-state index in [0.717, 1.165) is 6.26 Å². The first-order chi connectivity index (χ1) is 17.6. The molecule has 1 aromatic carbocycles. The van der Waals surface area contributed by atoms with Crippen molar-refractivity contribution in [1.82, 2.24) is 0 Å². The quantitative estimate of drug-likeness (QED) is 0.156. The summed E-state index contributed by atoms with van der Waals surface area (Å²) in [6.07, 6.45) is -6.05. The summed E-state index contributed by atoms with van der Waals surface area (Å²) in [6, 6.07) is 6.13. The molecule has 12 heteroatoms. The molecule has 1 saturated heterocycles. The van der Waals surface area contributed by atoms with Crippen LogP contribution in [0.2, 0.25) is 0 Å². The lowest BCUT2D eigenvalue weighted by atomic mass is 9.85. The van der Waals surface area contributed by atoms with Gasteiger partial charge < -0.3 is 49.6 Å². The van der Waals surface area contributed by atoms with Gasteiger partial charge >= 0.3 is 11.9 Å². The van der Waals surface area contributed by atoms with Crippen molar-refractivity contribution < 1.29 is 59.2 Å². The summed E-state index contributed by atoms with van der Waals surface area (Å²) in [4.78, 5) is 24.3. The average molecular weight is 520 g/mol. The number of hydrogen-bond donors (Lipinski definition) is 6. The standard InChI is InChI=1S/C25H28O12/c1-11-16(35-18(28)7-4-12-2-5-13(27)6-3-12)8-14-15(23(32)33)10-34-24(19(11)14)37-25-22(31)21(30)20(29)17(9-26)36-25/h2-7,10,14,16-17,19-22,24-27,29-31H,1,8-9H2,(H,32,33)/t14-,16+,17+,19-,20-,21-,22-,24+,25+/m1/s1. The highest BCUT2D eigenvalue weighted by Gasteiger charge is 2.53. The SMILES string of the molecule is C=C1[C@H]2[C@H](O[C@@H]3O[C@@H](CO)[C@@H](O)[C@@H](O)[C@H]3O)OC=C(C(=O)O)[C@H]2C[C@@H]1OC(=O)C=Cc1ccc(O)cc1. The normalized spacial score (nSPS) is 35.5. The number of carbonyl (C=O) groups excluding carboxylic acids is 1. The molecule has 1 aliphatic carbocycles. The van der Waals surface area contributed by atoms with E-state index in [2.05, 4.69) is 6.58 Å². The Kier molecular flexibility index (Phi) is 7.97. The Balaban J connectivity index is 1.49. The fraction of sp³-hybridized carbons (Fsp3) is 0.440. The number of benzene rings is 1. The number of esters is 1. The van der Waals surface area contributed by atoms with Gasteiger partial charge in [0.15, 0.2) is 6.29 Å². The van der Waals surface area contributed by atoms with Crippen LogP contribution in [0.4, 0.5) is 0 Å². The lowest BCUT2D eigenvalue weighted by Crippen LogP contribution is -2.60. The Morgan fingerprint density at radius 3 is 2.43 bits per heavy atom. The third kappa shape index (κ3) is 5.54. The Hall–Kier alpha value is -3.26. The van der Waals surface area contributed by atoms with Gasteiger partial charge in [-0.25, -0.2) is 9.59 Å². The highest BCUT2D eigenvalue weighted by Crippen LogP contribution is 2.47. The number of carboxylic acids is 1. The number of carboxylic acid groups (broad SMARTS) is 1. The van der Waals surface area contributed by atoms with Gasteiger partial charge in [0.25, 0.3) is 0 Å². The van der Waals surface area contributed by atoms with Crippen molar-refractivity contribution >= 4 is 18.0 Å². The molecule has 0 unspecified atom stereocenters. The number of phenols is 1. The maximum atomic E-state index is 12.5. The first kappa shape index (κ1) is 26.8. The van der Waals surface area contributed by atoms with Crippen molar-refractivity contribution in [3.05, 3.63) is 59.9 Å². The summed E-state index contributed by atoms with van der Waals surface area (Å²) in [5, 5.41) is 58.7. The molecule has 2 fully saturated rings. The average Bonchev–Trinajstić information content (AvgIpc) is 3.19. The molecule has 0 amide bonds. The minimum Gasteiger partial charge on any atom is -0.508 e. The summed E-state index contributed by atoms with van der Waals surface area (Å²) in [5.41, 5.74) is 0.877. The molecule has 0 spiro atoms. The highest BCUT2D eigenvalue weighted by molar-refractivity contribution is 5.88. The molecule has 9 atom stereocenters. The predicted molar refractivity (Wildman–Crippen MR) is 123 cm³/mol. The molecular formula is C25H28O12. The van der Waals surface area contributed by atoms with E-state index in [1.54, 1.807) is 12.1 Å². The summed E-state index contributed by atoms with van der Waals surface area (Å²) in [7, 11) is 0. The number of rotatable bonds is 7. The molecular weight excluding hydrogens is 492 g/mol. The highest BCUT2D eigenvalue weighted by atomic mass is 16.8. The van der Waals surface area contributed by atoms with Gasteiger partial charge in [0.05, 0.1) is 24.4 Å². The Morgan fingerprint density at radius 2 is 1.78 bits per heavy atom. The minimum absolute atomic E-state index is 0.0783. The number of fused-ring (bicyclic) bond motifs is 1. The molecule has 0 bridgehead atoms. The first-order valence-electron chi connectivity index (χ1n) is 11.5. The second-order valence-corrected chi connectivity index (χ2v) is 9.01. The molecule has 2 heterocycles. The van der Waals surface area contributed by atoms with Crippen molar-refractivity contribution in [3.63, 3.8) is 0 Å². The summed E-state index contributed by atoms with van der Waals surface area (Å²) >= 11 is 0. The van der Waals surface area contributed by atoms with E-state index in [1.807, 2.05) is 0 Å². The maximum absolute atomic E-state index is 12.5. The number of phenolic OH excluding ortho intramolecular Hbond substituents is 1. The van der Waals surface area contributed by atoms with Crippen LogP contribution in [0.3, 0.4) is 0 Å². The van der Waals surface area contributed by atoms with E-state index in [4.69, 9.17) is 18.9 Å². The second-order valence-electron chi connectivity index (χ2n) is 9.01. The van der Waals surface area contributed by atoms with Gasteiger partial charge in [-0.2, -0.15) is 0 Å². The van der Waals surface area contributed by atoms with Crippen molar-refractivity contribution in [2.45, 2.75) is 49.5 Å². The zero-order valence-electron chi connectivity index (χ0n) is 19.5. The zero-order chi connectivity index (χ0) is 26.9. The number of aliphatic hydroxyl groups excluding tert-OH is 4. The molecule has 0 aromatic heterocycles. The molecule has 1 aromatic rings. The van der Waals surface area contributed by atoms with Crippen molar-refractivity contribution in [1.29, 1.82) is 0 Å². The lowest BCUT2D eigenvalue weighted by Gasteiger charge is -2.42.